The van der Waals surface area contributed by atoms with Gasteiger partial charge < -0.3 is 19.3 Å². The van der Waals surface area contributed by atoms with Crippen LogP contribution in [0.5, 0.6) is 11.5 Å². The molecule has 1 aliphatic rings. The highest BCUT2D eigenvalue weighted by atomic mass is 79.9. The monoisotopic (exact) mass is 489 g/mol. The Labute approximate surface area is 193 Å². The molecule has 1 heterocycles. The Balaban J connectivity index is 1.98. The van der Waals surface area contributed by atoms with E-state index in [1.54, 1.807) is 13.2 Å². The lowest BCUT2D eigenvalue weighted by molar-refractivity contribution is 0.0495. The van der Waals surface area contributed by atoms with Gasteiger partial charge in [-0.25, -0.2) is 0 Å². The van der Waals surface area contributed by atoms with Crippen LogP contribution in [0.4, 0.5) is 0 Å². The van der Waals surface area contributed by atoms with Gasteiger partial charge in [0.1, 0.15) is 24.2 Å². The van der Waals surface area contributed by atoms with Crippen LogP contribution in [-0.4, -0.2) is 30.6 Å². The van der Waals surface area contributed by atoms with Gasteiger partial charge in [-0.05, 0) is 66.4 Å². The maximum Gasteiger partial charge on any atom is 0.188 e. The van der Waals surface area contributed by atoms with Crippen LogP contribution in [0.1, 0.15) is 72.2 Å². The average molecular weight is 490 g/mol. The second kappa shape index (κ2) is 11.1. The van der Waals surface area contributed by atoms with Crippen LogP contribution in [0.15, 0.2) is 35.3 Å². The highest BCUT2D eigenvalue weighted by molar-refractivity contribution is 9.10. The molecule has 1 saturated carbocycles. The molecule has 1 unspecified atom stereocenters. The van der Waals surface area contributed by atoms with Gasteiger partial charge >= 0.3 is 0 Å². The number of ether oxygens (including phenoxy) is 3. The van der Waals surface area contributed by atoms with Gasteiger partial charge in [-0.1, -0.05) is 31.9 Å². The molecule has 1 N–H and O–H groups in total. The number of aliphatic hydroxyl groups excluding tert-OH is 1. The number of halogens is 1. The summed E-state index contributed by atoms with van der Waals surface area (Å²) in [6, 6.07) is 5.71. The van der Waals surface area contributed by atoms with Gasteiger partial charge in [-0.15, -0.1) is 0 Å². The lowest BCUT2D eigenvalue weighted by atomic mass is 9.86. The second-order valence-electron chi connectivity index (χ2n) is 8.05. The third-order valence-electron chi connectivity index (χ3n) is 5.85. The van der Waals surface area contributed by atoms with Crippen LogP contribution in [-0.2, 0) is 4.74 Å². The molecule has 5 nitrogen and oxygen atoms in total. The minimum absolute atomic E-state index is 0.180. The van der Waals surface area contributed by atoms with Crippen molar-refractivity contribution < 1.29 is 19.3 Å². The first-order chi connectivity index (χ1) is 15.0. The Bertz CT molecular complexity index is 909. The number of hydrogen-bond donors (Lipinski definition) is 1. The summed E-state index contributed by atoms with van der Waals surface area (Å²) >= 11 is 3.68. The van der Waals surface area contributed by atoms with Crippen molar-refractivity contribution in [3.8, 4) is 11.5 Å². The molecular weight excluding hydrogens is 458 g/mol. The van der Waals surface area contributed by atoms with Crippen LogP contribution in [0, 0.1) is 13.8 Å². The Morgan fingerprint density at radius 2 is 1.94 bits per heavy atom. The van der Waals surface area contributed by atoms with Gasteiger partial charge in [0, 0.05) is 28.6 Å². The molecular formula is C25H32BrNO4. The van der Waals surface area contributed by atoms with E-state index in [4.69, 9.17) is 19.2 Å². The first kappa shape index (κ1) is 23.8. The number of rotatable bonds is 9. The van der Waals surface area contributed by atoms with Gasteiger partial charge in [-0.3, -0.25) is 4.98 Å². The molecule has 0 radical (unpaired) electrons. The van der Waals surface area contributed by atoms with Gasteiger partial charge in [-0.2, -0.15) is 0 Å². The standard InChI is InChI=1S/C25H32BrNO4/c1-5-13-30-21-14-16(2)22(23(26)17(21)3)25(28)19-11-12-20(31-15-29-4)24(27-19)18-9-7-6-8-10-18/h5,11-12,14,18,25,28H,1,6-10,13,15H2,2-4H3. The van der Waals surface area contributed by atoms with Crippen molar-refractivity contribution in [2.75, 3.05) is 20.5 Å². The molecule has 1 atom stereocenters. The highest BCUT2D eigenvalue weighted by Crippen LogP contribution is 2.40. The molecule has 0 amide bonds. The lowest BCUT2D eigenvalue weighted by Gasteiger charge is -2.25. The van der Waals surface area contributed by atoms with E-state index < -0.39 is 6.10 Å². The molecule has 3 rings (SSSR count). The van der Waals surface area contributed by atoms with E-state index in [0.29, 0.717) is 18.2 Å². The predicted octanol–water partition coefficient (Wildman–Crippen LogP) is 6.14. The third kappa shape index (κ3) is 5.48. The lowest BCUT2D eigenvalue weighted by Crippen LogP contribution is -2.14. The molecule has 1 aromatic heterocycles. The number of aliphatic hydroxyl groups is 1. The molecule has 0 bridgehead atoms. The number of aromatic nitrogens is 1. The summed E-state index contributed by atoms with van der Waals surface area (Å²) in [6.45, 7) is 8.27. The molecule has 2 aromatic rings. The molecule has 168 valence electrons. The van der Waals surface area contributed by atoms with E-state index in [1.807, 2.05) is 32.0 Å². The first-order valence-corrected chi connectivity index (χ1v) is 11.6. The topological polar surface area (TPSA) is 60.8 Å². The van der Waals surface area contributed by atoms with E-state index >= 15 is 0 Å². The van der Waals surface area contributed by atoms with E-state index in [0.717, 1.165) is 51.2 Å². The Morgan fingerprint density at radius 3 is 2.61 bits per heavy atom. The van der Waals surface area contributed by atoms with Crippen molar-refractivity contribution in [2.45, 2.75) is 58.0 Å². The summed E-state index contributed by atoms with van der Waals surface area (Å²) < 4.78 is 17.5. The maximum atomic E-state index is 11.3. The van der Waals surface area contributed by atoms with Gasteiger partial charge in [0.05, 0.1) is 11.4 Å². The van der Waals surface area contributed by atoms with Crippen molar-refractivity contribution >= 4 is 15.9 Å². The smallest absolute Gasteiger partial charge is 0.188 e. The number of benzene rings is 1. The van der Waals surface area contributed by atoms with Crippen LogP contribution in [0.2, 0.25) is 0 Å². The number of nitrogens with zero attached hydrogens (tertiary/aromatic N) is 1. The Hall–Kier alpha value is -1.89. The highest BCUT2D eigenvalue weighted by Gasteiger charge is 2.26. The normalized spacial score (nSPS) is 15.5. The third-order valence-corrected chi connectivity index (χ3v) is 6.87. The molecule has 1 fully saturated rings. The predicted molar refractivity (Wildman–Crippen MR) is 126 cm³/mol. The fourth-order valence-electron chi connectivity index (χ4n) is 4.19. The first-order valence-electron chi connectivity index (χ1n) is 10.8. The zero-order valence-electron chi connectivity index (χ0n) is 18.6. The fraction of sp³-hybridized carbons (Fsp3) is 0.480. The Kier molecular flexibility index (Phi) is 8.52. The quantitative estimate of drug-likeness (QED) is 0.338. The number of pyridine rings is 1. The van der Waals surface area contributed by atoms with Crippen LogP contribution >= 0.6 is 15.9 Å². The molecule has 31 heavy (non-hydrogen) atoms. The molecule has 1 aromatic carbocycles. The Morgan fingerprint density at radius 1 is 1.19 bits per heavy atom. The average Bonchev–Trinajstić information content (AvgIpc) is 2.79. The summed E-state index contributed by atoms with van der Waals surface area (Å²) in [5, 5.41) is 11.3. The van der Waals surface area contributed by atoms with Crippen molar-refractivity contribution in [1.29, 1.82) is 0 Å². The van der Waals surface area contributed by atoms with E-state index in [2.05, 4.69) is 22.5 Å². The van der Waals surface area contributed by atoms with Crippen LogP contribution in [0.25, 0.3) is 0 Å². The largest absolute Gasteiger partial charge is 0.489 e. The minimum Gasteiger partial charge on any atom is -0.489 e. The van der Waals surface area contributed by atoms with E-state index in [9.17, 15) is 5.11 Å². The summed E-state index contributed by atoms with van der Waals surface area (Å²) in [6.07, 6.45) is 6.69. The van der Waals surface area contributed by atoms with Crippen LogP contribution in [0.3, 0.4) is 0 Å². The van der Waals surface area contributed by atoms with E-state index in [-0.39, 0.29) is 6.79 Å². The SMILES string of the molecule is C=CCOc1cc(C)c(C(O)c2ccc(OCOC)c(C3CCCCC3)n2)c(Br)c1C. The molecule has 0 spiro atoms. The van der Waals surface area contributed by atoms with Crippen molar-refractivity contribution in [3.05, 3.63) is 63.4 Å². The van der Waals surface area contributed by atoms with Crippen molar-refractivity contribution in [1.82, 2.24) is 4.98 Å². The fourth-order valence-corrected chi connectivity index (χ4v) is 4.92. The number of aryl methyl sites for hydroxylation is 1. The molecule has 0 aliphatic heterocycles. The molecule has 1 aliphatic carbocycles. The number of hydrogen-bond acceptors (Lipinski definition) is 5. The van der Waals surface area contributed by atoms with Gasteiger partial charge in [0.25, 0.3) is 0 Å². The second-order valence-corrected chi connectivity index (χ2v) is 8.84. The summed E-state index contributed by atoms with van der Waals surface area (Å²) in [5.74, 6) is 1.86. The zero-order valence-corrected chi connectivity index (χ0v) is 20.2. The van der Waals surface area contributed by atoms with E-state index in [1.165, 1.54) is 19.3 Å². The summed E-state index contributed by atoms with van der Waals surface area (Å²) in [7, 11) is 1.61. The minimum atomic E-state index is -0.861. The van der Waals surface area contributed by atoms with Crippen LogP contribution < -0.4 is 9.47 Å². The number of methoxy groups -OCH3 is 1. The summed E-state index contributed by atoms with van der Waals surface area (Å²) in [4.78, 5) is 4.91. The molecule has 6 heteroatoms. The molecule has 0 saturated heterocycles. The maximum absolute atomic E-state index is 11.3. The van der Waals surface area contributed by atoms with Crippen molar-refractivity contribution in [2.24, 2.45) is 0 Å². The van der Waals surface area contributed by atoms with Gasteiger partial charge in [0.2, 0.25) is 0 Å². The van der Waals surface area contributed by atoms with Gasteiger partial charge in [0.15, 0.2) is 6.79 Å². The van der Waals surface area contributed by atoms with Crippen molar-refractivity contribution in [3.63, 3.8) is 0 Å². The zero-order chi connectivity index (χ0) is 22.4. The summed E-state index contributed by atoms with van der Waals surface area (Å²) in [5.41, 5.74) is 4.22.